The average Bonchev–Trinajstić information content (AvgIpc) is 2.45. The molecule has 6 nitrogen and oxygen atoms in total. The highest BCUT2D eigenvalue weighted by Crippen LogP contribution is 2.19. The second-order valence-electron chi connectivity index (χ2n) is 4.89. The van der Waals surface area contributed by atoms with Crippen LogP contribution >= 0.6 is 0 Å². The lowest BCUT2D eigenvalue weighted by molar-refractivity contribution is 0.251. The normalized spacial score (nSPS) is 12.8. The van der Waals surface area contributed by atoms with E-state index >= 15 is 0 Å². The maximum atomic E-state index is 12.3. The zero-order chi connectivity index (χ0) is 15.9. The van der Waals surface area contributed by atoms with E-state index in [-0.39, 0.29) is 29.5 Å². The number of benzene rings is 1. The van der Waals surface area contributed by atoms with E-state index < -0.39 is 10.0 Å². The quantitative estimate of drug-likeness (QED) is 0.624. The van der Waals surface area contributed by atoms with Gasteiger partial charge in [-0.25, -0.2) is 13.1 Å². The van der Waals surface area contributed by atoms with Crippen molar-refractivity contribution in [1.82, 2.24) is 4.72 Å². The lowest BCUT2D eigenvalue weighted by Gasteiger charge is -2.16. The summed E-state index contributed by atoms with van der Waals surface area (Å²) in [6.45, 7) is 2.27. The van der Waals surface area contributed by atoms with E-state index in [1.165, 1.54) is 18.2 Å². The van der Waals surface area contributed by atoms with Gasteiger partial charge in [-0.05, 0) is 37.0 Å². The molecule has 1 unspecified atom stereocenters. The van der Waals surface area contributed by atoms with Crippen LogP contribution < -0.4 is 10.5 Å². The summed E-state index contributed by atoms with van der Waals surface area (Å²) in [6.07, 6.45) is 2.29. The minimum absolute atomic E-state index is 0.0247. The predicted molar refractivity (Wildman–Crippen MR) is 80.9 cm³/mol. The third kappa shape index (κ3) is 5.01. The number of nitrogen functional groups attached to an aromatic ring is 1. The summed E-state index contributed by atoms with van der Waals surface area (Å²) in [5.74, 6) is 0.0779. The predicted octanol–water partition coefficient (Wildman–Crippen LogP) is 1.22. The first kappa shape index (κ1) is 17.4. The fourth-order valence-electron chi connectivity index (χ4n) is 2.11. The Morgan fingerprint density at radius 3 is 2.71 bits per heavy atom. The summed E-state index contributed by atoms with van der Waals surface area (Å²) >= 11 is 0. The molecule has 0 bridgehead atoms. The first-order valence-electron chi connectivity index (χ1n) is 6.84. The third-order valence-electron chi connectivity index (χ3n) is 3.21. The van der Waals surface area contributed by atoms with Crippen molar-refractivity contribution in [3.63, 3.8) is 0 Å². The molecule has 21 heavy (non-hydrogen) atoms. The third-order valence-corrected chi connectivity index (χ3v) is 4.69. The van der Waals surface area contributed by atoms with Crippen LogP contribution in [0.25, 0.3) is 0 Å². The van der Waals surface area contributed by atoms with Crippen LogP contribution in [-0.4, -0.2) is 26.7 Å². The van der Waals surface area contributed by atoms with Gasteiger partial charge >= 0.3 is 0 Å². The van der Waals surface area contributed by atoms with E-state index in [0.717, 1.165) is 12.8 Å². The summed E-state index contributed by atoms with van der Waals surface area (Å²) in [7, 11) is -3.76. The number of hydrogen-bond acceptors (Lipinski definition) is 5. The summed E-state index contributed by atoms with van der Waals surface area (Å²) in [5.41, 5.74) is 5.92. The molecule has 1 aromatic rings. The van der Waals surface area contributed by atoms with Crippen LogP contribution in [0.15, 0.2) is 23.1 Å². The number of sulfonamides is 1. The number of nitrogens with two attached hydrogens (primary N) is 1. The van der Waals surface area contributed by atoms with Crippen molar-refractivity contribution in [2.24, 2.45) is 5.92 Å². The second-order valence-corrected chi connectivity index (χ2v) is 6.62. The Hall–Kier alpha value is -1.62. The Kier molecular flexibility index (Phi) is 6.62. The fourth-order valence-corrected chi connectivity index (χ4v) is 3.37. The number of anilines is 1. The number of rotatable bonds is 8. The van der Waals surface area contributed by atoms with Gasteiger partial charge in [0.1, 0.15) is 6.07 Å². The van der Waals surface area contributed by atoms with Crippen molar-refractivity contribution in [1.29, 1.82) is 5.26 Å². The SMILES string of the molecule is CCCC(CCO)CNS(=O)(=O)c1ccc(N)cc1C#N. The van der Waals surface area contributed by atoms with Gasteiger partial charge in [0.25, 0.3) is 0 Å². The van der Waals surface area contributed by atoms with Crippen molar-refractivity contribution in [2.75, 3.05) is 18.9 Å². The molecule has 0 saturated heterocycles. The lowest BCUT2D eigenvalue weighted by Crippen LogP contribution is -2.30. The average molecular weight is 311 g/mol. The topological polar surface area (TPSA) is 116 Å². The first-order valence-corrected chi connectivity index (χ1v) is 8.33. The highest BCUT2D eigenvalue weighted by atomic mass is 32.2. The number of nitrogens with zero attached hydrogens (tertiary/aromatic N) is 1. The molecule has 0 aromatic heterocycles. The molecule has 0 fully saturated rings. The maximum Gasteiger partial charge on any atom is 0.241 e. The Balaban J connectivity index is 2.89. The molecule has 4 N–H and O–H groups in total. The molecular formula is C14H21N3O3S. The summed E-state index contributed by atoms with van der Waals surface area (Å²) in [6, 6.07) is 5.96. The number of nitriles is 1. The van der Waals surface area contributed by atoms with Crippen LogP contribution in [0, 0.1) is 17.2 Å². The lowest BCUT2D eigenvalue weighted by atomic mass is 10.0. The molecule has 0 saturated carbocycles. The summed E-state index contributed by atoms with van der Waals surface area (Å²) in [4.78, 5) is -0.0709. The minimum Gasteiger partial charge on any atom is -0.399 e. The molecule has 1 rings (SSSR count). The molecule has 0 heterocycles. The Morgan fingerprint density at radius 2 is 2.14 bits per heavy atom. The summed E-state index contributed by atoms with van der Waals surface area (Å²) in [5, 5.41) is 18.0. The zero-order valence-electron chi connectivity index (χ0n) is 12.0. The number of aliphatic hydroxyl groups is 1. The van der Waals surface area contributed by atoms with Crippen LogP contribution in [0.5, 0.6) is 0 Å². The van der Waals surface area contributed by atoms with E-state index in [4.69, 9.17) is 16.1 Å². The largest absolute Gasteiger partial charge is 0.399 e. The molecule has 0 radical (unpaired) electrons. The van der Waals surface area contributed by atoms with Gasteiger partial charge in [0.15, 0.2) is 0 Å². The van der Waals surface area contributed by atoms with Gasteiger partial charge in [-0.3, -0.25) is 0 Å². The first-order chi connectivity index (χ1) is 9.94. The van der Waals surface area contributed by atoms with Gasteiger partial charge < -0.3 is 10.8 Å². The second kappa shape index (κ2) is 7.98. The monoisotopic (exact) mass is 311 g/mol. The van der Waals surface area contributed by atoms with Crippen LogP contribution in [0.1, 0.15) is 31.7 Å². The highest BCUT2D eigenvalue weighted by Gasteiger charge is 2.20. The van der Waals surface area contributed by atoms with Crippen LogP contribution in [0.2, 0.25) is 0 Å². The highest BCUT2D eigenvalue weighted by molar-refractivity contribution is 7.89. The van der Waals surface area contributed by atoms with Gasteiger partial charge in [0.05, 0.1) is 10.5 Å². The Morgan fingerprint density at radius 1 is 1.43 bits per heavy atom. The molecule has 0 aliphatic carbocycles. The standard InChI is InChI=1S/C14H21N3O3S/c1-2-3-11(6-7-18)10-17-21(19,20)14-5-4-13(16)8-12(14)9-15/h4-5,8,11,17-18H,2-3,6-7,10,16H2,1H3. The van der Waals surface area contributed by atoms with E-state index in [0.29, 0.717) is 12.1 Å². The van der Waals surface area contributed by atoms with Gasteiger partial charge in [-0.15, -0.1) is 0 Å². The molecule has 116 valence electrons. The molecule has 1 aromatic carbocycles. The summed E-state index contributed by atoms with van der Waals surface area (Å²) < 4.78 is 27.0. The van der Waals surface area contributed by atoms with E-state index in [1.54, 1.807) is 0 Å². The van der Waals surface area contributed by atoms with Crippen LogP contribution in [0.3, 0.4) is 0 Å². The maximum absolute atomic E-state index is 12.3. The van der Waals surface area contributed by atoms with E-state index in [2.05, 4.69) is 4.72 Å². The van der Waals surface area contributed by atoms with Crippen molar-refractivity contribution in [3.05, 3.63) is 23.8 Å². The minimum atomic E-state index is -3.76. The van der Waals surface area contributed by atoms with E-state index in [9.17, 15) is 8.42 Å². The molecular weight excluding hydrogens is 290 g/mol. The van der Waals surface area contributed by atoms with Crippen molar-refractivity contribution in [2.45, 2.75) is 31.1 Å². The number of hydrogen-bond donors (Lipinski definition) is 3. The van der Waals surface area contributed by atoms with Crippen LogP contribution in [-0.2, 0) is 10.0 Å². The molecule has 1 atom stereocenters. The molecule has 0 spiro atoms. The fraction of sp³-hybridized carbons (Fsp3) is 0.500. The number of nitrogens with one attached hydrogen (secondary N) is 1. The van der Waals surface area contributed by atoms with Crippen molar-refractivity contribution >= 4 is 15.7 Å². The van der Waals surface area contributed by atoms with Crippen molar-refractivity contribution < 1.29 is 13.5 Å². The van der Waals surface area contributed by atoms with E-state index in [1.807, 2.05) is 13.0 Å². The van der Waals surface area contributed by atoms with Gasteiger partial charge in [-0.1, -0.05) is 13.3 Å². The Labute approximate surface area is 125 Å². The Bertz CT molecular complexity index is 602. The van der Waals surface area contributed by atoms with Crippen molar-refractivity contribution in [3.8, 4) is 6.07 Å². The smallest absolute Gasteiger partial charge is 0.241 e. The number of aliphatic hydroxyl groups excluding tert-OH is 1. The molecule has 7 heteroatoms. The molecule has 0 aliphatic heterocycles. The molecule has 0 amide bonds. The van der Waals surface area contributed by atoms with Gasteiger partial charge in [0, 0.05) is 18.8 Å². The van der Waals surface area contributed by atoms with Gasteiger partial charge in [0.2, 0.25) is 10.0 Å². The van der Waals surface area contributed by atoms with Gasteiger partial charge in [-0.2, -0.15) is 5.26 Å². The van der Waals surface area contributed by atoms with Crippen LogP contribution in [0.4, 0.5) is 5.69 Å². The molecule has 0 aliphatic rings. The zero-order valence-corrected chi connectivity index (χ0v) is 12.9.